The molecule has 1 aliphatic rings. The van der Waals surface area contributed by atoms with Gasteiger partial charge in [-0.05, 0) is 42.5 Å². The van der Waals surface area contributed by atoms with Crippen molar-refractivity contribution in [1.82, 2.24) is 0 Å². The molecule has 3 aromatic carbocycles. The summed E-state index contributed by atoms with van der Waals surface area (Å²) in [5.74, 6) is -1.38. The highest BCUT2D eigenvalue weighted by Gasteiger charge is 2.43. The number of benzene rings is 3. The molecule has 0 radical (unpaired) electrons. The molecule has 0 unspecified atom stereocenters. The molecule has 12 heteroatoms. The van der Waals surface area contributed by atoms with E-state index >= 15 is 0 Å². The Morgan fingerprint density at radius 3 is 2.11 bits per heavy atom. The van der Waals surface area contributed by atoms with E-state index in [4.69, 9.17) is 33.2 Å². The zero-order valence-electron chi connectivity index (χ0n) is 25.4. The number of phenolic OH excluding ortho intramolecular Hbond substituents is 1. The fraction of sp³-hybridized carbons (Fsp3) is 0.242. The highest BCUT2D eigenvalue weighted by molar-refractivity contribution is 5.92. The molecule has 1 aliphatic heterocycles. The van der Waals surface area contributed by atoms with Crippen LogP contribution in [0.5, 0.6) is 34.5 Å². The fourth-order valence-electron chi connectivity index (χ4n) is 4.77. The molecular formula is C33H32O12. The van der Waals surface area contributed by atoms with Gasteiger partial charge in [-0.2, -0.15) is 0 Å². The summed E-state index contributed by atoms with van der Waals surface area (Å²) < 4.78 is 43.3. The normalized spacial score (nSPS) is 15.5. The number of rotatable bonds is 11. The largest absolute Gasteiger partial charge is 0.508 e. The Labute approximate surface area is 259 Å². The quantitative estimate of drug-likeness (QED) is 0.139. The SMILES string of the molecule is COC(=O)/C=C/c1cc2c(cc1OC)O[C@@H](c1ccc(O/C(=C\c3ccc(O)cc3OC)C(=O)OC)cc1OC)[C@@H]2C(=O)OC. The number of phenols is 1. The van der Waals surface area contributed by atoms with Gasteiger partial charge in [-0.1, -0.05) is 0 Å². The van der Waals surface area contributed by atoms with E-state index in [-0.39, 0.29) is 17.3 Å². The van der Waals surface area contributed by atoms with Crippen LogP contribution in [0.3, 0.4) is 0 Å². The lowest BCUT2D eigenvalue weighted by Crippen LogP contribution is -2.20. The van der Waals surface area contributed by atoms with Crippen molar-refractivity contribution in [2.45, 2.75) is 12.0 Å². The third-order valence-electron chi connectivity index (χ3n) is 6.94. The number of carbonyl (C=O) groups is 3. The fourth-order valence-corrected chi connectivity index (χ4v) is 4.77. The molecule has 3 aromatic rings. The first-order valence-corrected chi connectivity index (χ1v) is 13.4. The van der Waals surface area contributed by atoms with Gasteiger partial charge in [0.15, 0.2) is 0 Å². The highest BCUT2D eigenvalue weighted by Crippen LogP contribution is 2.51. The molecule has 4 rings (SSSR count). The maximum Gasteiger partial charge on any atom is 0.373 e. The van der Waals surface area contributed by atoms with Gasteiger partial charge >= 0.3 is 17.9 Å². The molecule has 0 saturated carbocycles. The topological polar surface area (TPSA) is 145 Å². The standard InChI is InChI=1S/C33H32O12/c1-38-24-15-20(34)9-7-19(24)14-28(32(36)42-5)44-21-10-11-22(26(16-21)40-3)31-30(33(37)43-6)23-13-18(8-12-29(35)41-4)25(39-2)17-27(23)45-31/h7-17,30-31,34H,1-6H3/b12-8+,28-14-/t30-,31+/m1/s1. The number of aromatic hydroxyl groups is 1. The van der Waals surface area contributed by atoms with Crippen molar-refractivity contribution >= 4 is 30.1 Å². The first-order chi connectivity index (χ1) is 21.7. The maximum atomic E-state index is 13.1. The second-order valence-electron chi connectivity index (χ2n) is 9.46. The van der Waals surface area contributed by atoms with Crippen molar-refractivity contribution in [3.05, 3.63) is 82.6 Å². The lowest BCUT2D eigenvalue weighted by atomic mass is 9.89. The number of methoxy groups -OCH3 is 6. The summed E-state index contributed by atoms with van der Waals surface area (Å²) in [6.07, 6.45) is 3.28. The third kappa shape index (κ3) is 6.96. The molecule has 45 heavy (non-hydrogen) atoms. The molecule has 1 heterocycles. The Morgan fingerprint density at radius 1 is 0.756 bits per heavy atom. The lowest BCUT2D eigenvalue weighted by Gasteiger charge is -2.21. The number of ether oxygens (including phenoxy) is 8. The van der Waals surface area contributed by atoms with Crippen LogP contribution in [-0.4, -0.2) is 65.7 Å². The van der Waals surface area contributed by atoms with Gasteiger partial charge in [0.1, 0.15) is 46.5 Å². The van der Waals surface area contributed by atoms with Crippen LogP contribution in [0.15, 0.2) is 60.4 Å². The minimum atomic E-state index is -0.908. The predicted octanol–water partition coefficient (Wildman–Crippen LogP) is 4.59. The van der Waals surface area contributed by atoms with Crippen molar-refractivity contribution in [1.29, 1.82) is 0 Å². The van der Waals surface area contributed by atoms with Gasteiger partial charge in [0.2, 0.25) is 5.76 Å². The van der Waals surface area contributed by atoms with E-state index < -0.39 is 29.9 Å². The molecule has 0 spiro atoms. The Hall–Kier alpha value is -5.65. The molecule has 12 nitrogen and oxygen atoms in total. The van der Waals surface area contributed by atoms with Crippen LogP contribution < -0.4 is 23.7 Å². The molecule has 0 aromatic heterocycles. The second-order valence-corrected chi connectivity index (χ2v) is 9.46. The summed E-state index contributed by atoms with van der Waals surface area (Å²) in [4.78, 5) is 37.5. The summed E-state index contributed by atoms with van der Waals surface area (Å²) in [5.41, 5.74) is 1.97. The highest BCUT2D eigenvalue weighted by atomic mass is 16.6. The minimum Gasteiger partial charge on any atom is -0.508 e. The first kappa shape index (κ1) is 32.3. The van der Waals surface area contributed by atoms with E-state index in [0.29, 0.717) is 45.3 Å². The summed E-state index contributed by atoms with van der Waals surface area (Å²) in [7, 11) is 8.09. The van der Waals surface area contributed by atoms with Crippen LogP contribution in [0.25, 0.3) is 12.2 Å². The van der Waals surface area contributed by atoms with E-state index in [1.54, 1.807) is 30.3 Å². The number of hydrogen-bond acceptors (Lipinski definition) is 12. The number of esters is 3. The van der Waals surface area contributed by atoms with Crippen LogP contribution in [0.4, 0.5) is 0 Å². The predicted molar refractivity (Wildman–Crippen MR) is 160 cm³/mol. The molecule has 0 fully saturated rings. The Morgan fingerprint density at radius 2 is 1.47 bits per heavy atom. The Kier molecular flexibility index (Phi) is 10.2. The number of hydrogen-bond donors (Lipinski definition) is 1. The molecule has 0 saturated heterocycles. The van der Waals surface area contributed by atoms with Crippen LogP contribution >= 0.6 is 0 Å². The summed E-state index contributed by atoms with van der Waals surface area (Å²) in [5, 5.41) is 9.78. The molecule has 0 amide bonds. The van der Waals surface area contributed by atoms with Crippen LogP contribution in [0.2, 0.25) is 0 Å². The van der Waals surface area contributed by atoms with Crippen LogP contribution in [-0.2, 0) is 28.6 Å². The third-order valence-corrected chi connectivity index (χ3v) is 6.94. The average Bonchev–Trinajstić information content (AvgIpc) is 3.43. The summed E-state index contributed by atoms with van der Waals surface area (Å²) in [6.45, 7) is 0. The van der Waals surface area contributed by atoms with Crippen molar-refractivity contribution in [2.75, 3.05) is 42.7 Å². The van der Waals surface area contributed by atoms with Gasteiger partial charge in [0.05, 0.1) is 42.7 Å². The Bertz CT molecular complexity index is 1660. The maximum absolute atomic E-state index is 13.1. The minimum absolute atomic E-state index is 0.0151. The molecule has 2 atom stereocenters. The van der Waals surface area contributed by atoms with Gasteiger partial charge < -0.3 is 43.0 Å². The van der Waals surface area contributed by atoms with E-state index in [1.165, 1.54) is 79.1 Å². The van der Waals surface area contributed by atoms with E-state index in [1.807, 2.05) is 0 Å². The monoisotopic (exact) mass is 620 g/mol. The van der Waals surface area contributed by atoms with Crippen molar-refractivity contribution in [3.63, 3.8) is 0 Å². The smallest absolute Gasteiger partial charge is 0.373 e. The van der Waals surface area contributed by atoms with Crippen LogP contribution in [0.1, 0.15) is 34.3 Å². The zero-order chi connectivity index (χ0) is 32.7. The summed E-state index contributed by atoms with van der Waals surface area (Å²) >= 11 is 0. The van der Waals surface area contributed by atoms with Gasteiger partial charge in [0, 0.05) is 46.5 Å². The van der Waals surface area contributed by atoms with Crippen LogP contribution in [0, 0.1) is 0 Å². The molecule has 236 valence electrons. The molecule has 0 bridgehead atoms. The molecule has 1 N–H and O–H groups in total. The van der Waals surface area contributed by atoms with Crippen molar-refractivity contribution < 1.29 is 57.4 Å². The van der Waals surface area contributed by atoms with E-state index in [0.717, 1.165) is 0 Å². The van der Waals surface area contributed by atoms with E-state index in [2.05, 4.69) is 4.74 Å². The molecule has 0 aliphatic carbocycles. The Balaban J connectivity index is 1.73. The zero-order valence-corrected chi connectivity index (χ0v) is 25.4. The first-order valence-electron chi connectivity index (χ1n) is 13.4. The average molecular weight is 621 g/mol. The van der Waals surface area contributed by atoms with Gasteiger partial charge in [-0.3, -0.25) is 4.79 Å². The van der Waals surface area contributed by atoms with Crippen molar-refractivity contribution in [3.8, 4) is 34.5 Å². The number of carbonyl (C=O) groups excluding carboxylic acids is 3. The second kappa shape index (κ2) is 14.2. The molecular weight excluding hydrogens is 588 g/mol. The van der Waals surface area contributed by atoms with Gasteiger partial charge in [0.25, 0.3) is 0 Å². The lowest BCUT2D eigenvalue weighted by molar-refractivity contribution is -0.144. The van der Waals surface area contributed by atoms with Gasteiger partial charge in [-0.25, -0.2) is 9.59 Å². The van der Waals surface area contributed by atoms with Crippen molar-refractivity contribution in [2.24, 2.45) is 0 Å². The van der Waals surface area contributed by atoms with E-state index in [9.17, 15) is 19.5 Å². The number of fused-ring (bicyclic) bond motifs is 1. The van der Waals surface area contributed by atoms with Gasteiger partial charge in [-0.15, -0.1) is 0 Å². The summed E-state index contributed by atoms with van der Waals surface area (Å²) in [6, 6.07) is 12.4.